The average molecular weight is 348 g/mol. The number of pyridine rings is 1. The lowest BCUT2D eigenvalue weighted by Gasteiger charge is -2.31. The van der Waals surface area contributed by atoms with E-state index in [-0.39, 0.29) is 23.8 Å². The van der Waals surface area contributed by atoms with E-state index in [1.54, 1.807) is 22.9 Å². The van der Waals surface area contributed by atoms with Crippen molar-refractivity contribution in [3.63, 3.8) is 0 Å². The lowest BCUT2D eigenvalue weighted by molar-refractivity contribution is -0.143. The number of anilines is 1. The first-order valence-electron chi connectivity index (χ1n) is 8.35. The summed E-state index contributed by atoms with van der Waals surface area (Å²) in [5.41, 5.74) is 0.971. The molecule has 0 radical (unpaired) electrons. The highest BCUT2D eigenvalue weighted by molar-refractivity contribution is 7.99. The van der Waals surface area contributed by atoms with Crippen LogP contribution in [-0.2, 0) is 16.1 Å². The quantitative estimate of drug-likeness (QED) is 0.873. The molecule has 0 bridgehead atoms. The maximum Gasteiger partial charge on any atom is 0.243 e. The van der Waals surface area contributed by atoms with Gasteiger partial charge in [0.2, 0.25) is 11.8 Å². The Kier molecular flexibility index (Phi) is 5.28. The second-order valence-electron chi connectivity index (χ2n) is 6.55. The second kappa shape index (κ2) is 7.42. The zero-order valence-corrected chi connectivity index (χ0v) is 15.0. The number of nitrogens with zero attached hydrogens (tertiary/aromatic N) is 3. The van der Waals surface area contributed by atoms with Gasteiger partial charge in [0.25, 0.3) is 0 Å². The number of amides is 2. The number of hydrogen-bond donors (Lipinski definition) is 1. The Morgan fingerprint density at radius 3 is 2.88 bits per heavy atom. The SMILES string of the molecule is CN(C)c1ncccc1CNC(=O)[C@H]1CSCN1C(=O)C1CCC1. The summed E-state index contributed by atoms with van der Waals surface area (Å²) < 4.78 is 0. The minimum atomic E-state index is -0.345. The van der Waals surface area contributed by atoms with Crippen molar-refractivity contribution < 1.29 is 9.59 Å². The largest absolute Gasteiger partial charge is 0.362 e. The summed E-state index contributed by atoms with van der Waals surface area (Å²) in [6, 6.07) is 3.48. The summed E-state index contributed by atoms with van der Waals surface area (Å²) in [4.78, 5) is 33.1. The van der Waals surface area contributed by atoms with Crippen molar-refractivity contribution in [1.82, 2.24) is 15.2 Å². The smallest absolute Gasteiger partial charge is 0.243 e. The van der Waals surface area contributed by atoms with Gasteiger partial charge in [0, 0.05) is 44.1 Å². The fraction of sp³-hybridized carbons (Fsp3) is 0.588. The number of thioether (sulfide) groups is 1. The van der Waals surface area contributed by atoms with Gasteiger partial charge in [-0.05, 0) is 18.9 Å². The van der Waals surface area contributed by atoms with E-state index in [1.807, 2.05) is 31.1 Å². The highest BCUT2D eigenvalue weighted by Crippen LogP contribution is 2.32. The van der Waals surface area contributed by atoms with Gasteiger partial charge in [0.15, 0.2) is 0 Å². The van der Waals surface area contributed by atoms with Crippen LogP contribution in [0.4, 0.5) is 5.82 Å². The van der Waals surface area contributed by atoms with Gasteiger partial charge in [0.05, 0.1) is 5.88 Å². The normalized spacial score (nSPS) is 20.6. The Labute approximate surface area is 147 Å². The first kappa shape index (κ1) is 17.1. The van der Waals surface area contributed by atoms with Crippen LogP contribution in [0.1, 0.15) is 24.8 Å². The van der Waals surface area contributed by atoms with E-state index in [4.69, 9.17) is 0 Å². The third kappa shape index (κ3) is 3.50. The average Bonchev–Trinajstić information content (AvgIpc) is 3.00. The van der Waals surface area contributed by atoms with Crippen molar-refractivity contribution >= 4 is 29.4 Å². The number of nitrogens with one attached hydrogen (secondary N) is 1. The lowest BCUT2D eigenvalue weighted by Crippen LogP contribution is -2.49. The van der Waals surface area contributed by atoms with E-state index in [9.17, 15) is 9.59 Å². The zero-order chi connectivity index (χ0) is 17.1. The predicted octanol–water partition coefficient (Wildman–Crippen LogP) is 1.47. The molecule has 7 heteroatoms. The molecule has 6 nitrogen and oxygen atoms in total. The molecule has 130 valence electrons. The molecule has 0 aromatic carbocycles. The van der Waals surface area contributed by atoms with Crippen molar-refractivity contribution in [2.75, 3.05) is 30.6 Å². The van der Waals surface area contributed by atoms with Crippen LogP contribution in [-0.4, -0.2) is 53.5 Å². The van der Waals surface area contributed by atoms with Gasteiger partial charge in [0.1, 0.15) is 11.9 Å². The summed E-state index contributed by atoms with van der Waals surface area (Å²) in [5, 5.41) is 2.98. The van der Waals surface area contributed by atoms with Crippen LogP contribution in [0.2, 0.25) is 0 Å². The van der Waals surface area contributed by atoms with Gasteiger partial charge < -0.3 is 15.1 Å². The molecule has 1 aromatic rings. The molecule has 2 fully saturated rings. The van der Waals surface area contributed by atoms with E-state index in [0.29, 0.717) is 18.2 Å². The maximum absolute atomic E-state index is 12.6. The lowest BCUT2D eigenvalue weighted by atomic mass is 9.84. The number of carbonyl (C=O) groups excluding carboxylic acids is 2. The number of carbonyl (C=O) groups is 2. The van der Waals surface area contributed by atoms with Crippen molar-refractivity contribution in [2.24, 2.45) is 5.92 Å². The van der Waals surface area contributed by atoms with Gasteiger partial charge in [-0.2, -0.15) is 0 Å². The molecule has 0 unspecified atom stereocenters. The van der Waals surface area contributed by atoms with E-state index < -0.39 is 0 Å². The maximum atomic E-state index is 12.6. The Morgan fingerprint density at radius 1 is 1.42 bits per heavy atom. The third-order valence-electron chi connectivity index (χ3n) is 4.67. The molecule has 2 amide bonds. The van der Waals surface area contributed by atoms with Gasteiger partial charge in [-0.1, -0.05) is 12.5 Å². The molecule has 1 saturated carbocycles. The molecule has 1 aliphatic heterocycles. The van der Waals surface area contributed by atoms with E-state index in [1.165, 1.54) is 0 Å². The van der Waals surface area contributed by atoms with E-state index in [0.717, 1.165) is 30.6 Å². The molecule has 1 atom stereocenters. The van der Waals surface area contributed by atoms with Gasteiger partial charge in [-0.15, -0.1) is 11.8 Å². The van der Waals surface area contributed by atoms with Crippen molar-refractivity contribution in [3.05, 3.63) is 23.9 Å². The van der Waals surface area contributed by atoms with Crippen molar-refractivity contribution in [1.29, 1.82) is 0 Å². The van der Waals surface area contributed by atoms with Crippen LogP contribution in [0.3, 0.4) is 0 Å². The predicted molar refractivity (Wildman–Crippen MR) is 95.7 cm³/mol. The van der Waals surface area contributed by atoms with Crippen LogP contribution in [0.5, 0.6) is 0 Å². The Bertz CT molecular complexity index is 618. The molecular weight excluding hydrogens is 324 g/mol. The molecule has 1 saturated heterocycles. The van der Waals surface area contributed by atoms with E-state index >= 15 is 0 Å². The highest BCUT2D eigenvalue weighted by atomic mass is 32.2. The molecule has 0 spiro atoms. The first-order chi connectivity index (χ1) is 11.6. The van der Waals surface area contributed by atoms with Gasteiger partial charge >= 0.3 is 0 Å². The van der Waals surface area contributed by atoms with E-state index in [2.05, 4.69) is 10.3 Å². The standard InChI is InChI=1S/C17H24N4O2S/c1-20(2)15-13(7-4-8-18-15)9-19-16(22)14-10-24-11-21(14)17(23)12-5-3-6-12/h4,7-8,12,14H,3,5-6,9-11H2,1-2H3,(H,19,22)/t14-/m1/s1. The van der Waals surface area contributed by atoms with Gasteiger partial charge in [-0.3, -0.25) is 9.59 Å². The zero-order valence-electron chi connectivity index (χ0n) is 14.2. The van der Waals surface area contributed by atoms with Crippen molar-refractivity contribution in [2.45, 2.75) is 31.8 Å². The van der Waals surface area contributed by atoms with Crippen LogP contribution < -0.4 is 10.2 Å². The third-order valence-corrected chi connectivity index (χ3v) is 5.68. The van der Waals surface area contributed by atoms with Crippen LogP contribution in [0.25, 0.3) is 0 Å². The van der Waals surface area contributed by atoms with Crippen LogP contribution in [0, 0.1) is 5.92 Å². The highest BCUT2D eigenvalue weighted by Gasteiger charge is 2.39. The Hall–Kier alpha value is -1.76. The van der Waals surface area contributed by atoms with Crippen LogP contribution in [0.15, 0.2) is 18.3 Å². The topological polar surface area (TPSA) is 65.5 Å². The minimum Gasteiger partial charge on any atom is -0.362 e. The monoisotopic (exact) mass is 348 g/mol. The number of hydrogen-bond acceptors (Lipinski definition) is 5. The molecule has 24 heavy (non-hydrogen) atoms. The molecule has 1 N–H and O–H groups in total. The number of rotatable bonds is 5. The fourth-order valence-corrected chi connectivity index (χ4v) is 4.20. The minimum absolute atomic E-state index is 0.0683. The molecular formula is C17H24N4O2S. The summed E-state index contributed by atoms with van der Waals surface area (Å²) in [7, 11) is 3.86. The van der Waals surface area contributed by atoms with Gasteiger partial charge in [-0.25, -0.2) is 4.98 Å². The molecule has 3 rings (SSSR count). The Morgan fingerprint density at radius 2 is 2.21 bits per heavy atom. The summed E-state index contributed by atoms with van der Waals surface area (Å²) in [5.74, 6) is 2.38. The van der Waals surface area contributed by atoms with Crippen molar-refractivity contribution in [3.8, 4) is 0 Å². The molecule has 1 aliphatic carbocycles. The summed E-state index contributed by atoms with van der Waals surface area (Å²) in [6.07, 6.45) is 4.81. The number of aromatic nitrogens is 1. The summed E-state index contributed by atoms with van der Waals surface area (Å²) in [6.45, 7) is 0.423. The molecule has 2 heterocycles. The molecule has 2 aliphatic rings. The second-order valence-corrected chi connectivity index (χ2v) is 7.55. The summed E-state index contributed by atoms with van der Waals surface area (Å²) >= 11 is 1.65. The first-order valence-corrected chi connectivity index (χ1v) is 9.50. The molecule has 1 aromatic heterocycles. The Balaban J connectivity index is 1.61. The fourth-order valence-electron chi connectivity index (χ4n) is 3.04. The van der Waals surface area contributed by atoms with Crippen LogP contribution >= 0.6 is 11.8 Å².